The van der Waals surface area contributed by atoms with Gasteiger partial charge in [-0.05, 0) is 37.3 Å². The molecule has 0 spiro atoms. The first-order valence-electron chi connectivity index (χ1n) is 6.79. The van der Waals surface area contributed by atoms with Crippen LogP contribution in [-0.2, 0) is 4.79 Å². The minimum atomic E-state index is -0.234. The summed E-state index contributed by atoms with van der Waals surface area (Å²) in [6.07, 6.45) is 3.23. The molecule has 2 rings (SSSR count). The van der Waals surface area contributed by atoms with Crippen LogP contribution in [0.25, 0.3) is 0 Å². The lowest BCUT2D eigenvalue weighted by molar-refractivity contribution is -0.118. The highest BCUT2D eigenvalue weighted by Gasteiger charge is 2.23. The van der Waals surface area contributed by atoms with Crippen LogP contribution in [0.3, 0.4) is 0 Å². The standard InChI is InChI=1S/C15H20N2O2/c16-14(18)7-6-12-8-10-17(11-9-12)15(19)13-4-2-1-3-5-13/h1-5,12H,6-11H2,(H2,16,18). The molecule has 0 unspecified atom stereocenters. The molecule has 19 heavy (non-hydrogen) atoms. The van der Waals surface area contributed by atoms with Crippen molar-refractivity contribution in [2.24, 2.45) is 11.7 Å². The summed E-state index contributed by atoms with van der Waals surface area (Å²) in [6.45, 7) is 1.55. The van der Waals surface area contributed by atoms with Crippen molar-refractivity contribution < 1.29 is 9.59 Å². The van der Waals surface area contributed by atoms with E-state index in [2.05, 4.69) is 0 Å². The van der Waals surface area contributed by atoms with Gasteiger partial charge in [0.05, 0.1) is 0 Å². The molecule has 1 aliphatic rings. The number of carbonyl (C=O) groups is 2. The minimum absolute atomic E-state index is 0.106. The molecule has 4 nitrogen and oxygen atoms in total. The summed E-state index contributed by atoms with van der Waals surface area (Å²) in [5.41, 5.74) is 5.91. The van der Waals surface area contributed by atoms with Crippen molar-refractivity contribution in [2.75, 3.05) is 13.1 Å². The molecule has 1 aliphatic heterocycles. The Labute approximate surface area is 113 Å². The number of carbonyl (C=O) groups excluding carboxylic acids is 2. The predicted molar refractivity (Wildman–Crippen MR) is 73.5 cm³/mol. The van der Waals surface area contributed by atoms with E-state index in [1.54, 1.807) is 0 Å². The Balaban J connectivity index is 1.83. The SMILES string of the molecule is NC(=O)CCC1CCN(C(=O)c2ccccc2)CC1. The maximum Gasteiger partial charge on any atom is 0.253 e. The highest BCUT2D eigenvalue weighted by molar-refractivity contribution is 5.94. The second-order valence-electron chi connectivity index (χ2n) is 5.11. The van der Waals surface area contributed by atoms with Gasteiger partial charge in [-0.3, -0.25) is 9.59 Å². The number of nitrogens with two attached hydrogens (primary N) is 1. The molecule has 1 saturated heterocycles. The van der Waals surface area contributed by atoms with Crippen molar-refractivity contribution in [3.8, 4) is 0 Å². The van der Waals surface area contributed by atoms with Gasteiger partial charge < -0.3 is 10.6 Å². The second-order valence-corrected chi connectivity index (χ2v) is 5.11. The molecule has 2 N–H and O–H groups in total. The third-order valence-corrected chi connectivity index (χ3v) is 3.72. The lowest BCUT2D eigenvalue weighted by atomic mass is 9.92. The van der Waals surface area contributed by atoms with Gasteiger partial charge in [0.15, 0.2) is 0 Å². The minimum Gasteiger partial charge on any atom is -0.370 e. The fourth-order valence-corrected chi connectivity index (χ4v) is 2.53. The van der Waals surface area contributed by atoms with Gasteiger partial charge in [0.25, 0.3) is 5.91 Å². The van der Waals surface area contributed by atoms with E-state index in [4.69, 9.17) is 5.73 Å². The van der Waals surface area contributed by atoms with E-state index < -0.39 is 0 Å². The quantitative estimate of drug-likeness (QED) is 0.897. The molecule has 0 atom stereocenters. The van der Waals surface area contributed by atoms with E-state index in [-0.39, 0.29) is 11.8 Å². The predicted octanol–water partition coefficient (Wildman–Crippen LogP) is 1.80. The Hall–Kier alpha value is -1.84. The summed E-state index contributed by atoms with van der Waals surface area (Å²) in [7, 11) is 0. The Kier molecular flexibility index (Phi) is 4.55. The number of nitrogens with zero attached hydrogens (tertiary/aromatic N) is 1. The average molecular weight is 260 g/mol. The summed E-state index contributed by atoms with van der Waals surface area (Å²) in [6, 6.07) is 9.37. The Morgan fingerprint density at radius 3 is 2.37 bits per heavy atom. The van der Waals surface area contributed by atoms with Crippen LogP contribution in [-0.4, -0.2) is 29.8 Å². The summed E-state index contributed by atoms with van der Waals surface area (Å²) in [5, 5.41) is 0. The van der Waals surface area contributed by atoms with Crippen molar-refractivity contribution in [2.45, 2.75) is 25.7 Å². The Morgan fingerprint density at radius 2 is 1.79 bits per heavy atom. The molecule has 102 valence electrons. The lowest BCUT2D eigenvalue weighted by Crippen LogP contribution is -2.38. The third-order valence-electron chi connectivity index (χ3n) is 3.72. The first kappa shape index (κ1) is 13.6. The topological polar surface area (TPSA) is 63.4 Å². The third kappa shape index (κ3) is 3.81. The highest BCUT2D eigenvalue weighted by atomic mass is 16.2. The molecule has 0 aliphatic carbocycles. The number of rotatable bonds is 4. The molecule has 0 radical (unpaired) electrons. The van der Waals surface area contributed by atoms with Crippen molar-refractivity contribution >= 4 is 11.8 Å². The summed E-state index contributed by atoms with van der Waals surface area (Å²) in [5.74, 6) is 0.393. The molecule has 2 amide bonds. The van der Waals surface area contributed by atoms with Gasteiger partial charge in [-0.25, -0.2) is 0 Å². The van der Waals surface area contributed by atoms with Gasteiger partial charge in [-0.15, -0.1) is 0 Å². The van der Waals surface area contributed by atoms with Crippen LogP contribution in [0.1, 0.15) is 36.0 Å². The average Bonchev–Trinajstić information content (AvgIpc) is 2.46. The molecule has 1 aromatic rings. The molecule has 0 bridgehead atoms. The van der Waals surface area contributed by atoms with Crippen molar-refractivity contribution in [3.05, 3.63) is 35.9 Å². The molecular formula is C15H20N2O2. The monoisotopic (exact) mass is 260 g/mol. The maximum atomic E-state index is 12.2. The van der Waals surface area contributed by atoms with Crippen LogP contribution in [0, 0.1) is 5.92 Å². The smallest absolute Gasteiger partial charge is 0.253 e. The van der Waals surface area contributed by atoms with Crippen LogP contribution in [0.15, 0.2) is 30.3 Å². The second kappa shape index (κ2) is 6.36. The molecule has 0 aromatic heterocycles. The van der Waals surface area contributed by atoms with Crippen LogP contribution >= 0.6 is 0 Å². The van der Waals surface area contributed by atoms with E-state index >= 15 is 0 Å². The van der Waals surface area contributed by atoms with Gasteiger partial charge in [-0.2, -0.15) is 0 Å². The largest absolute Gasteiger partial charge is 0.370 e. The summed E-state index contributed by atoms with van der Waals surface area (Å²) >= 11 is 0. The first-order valence-corrected chi connectivity index (χ1v) is 6.79. The van der Waals surface area contributed by atoms with Crippen molar-refractivity contribution in [3.63, 3.8) is 0 Å². The van der Waals surface area contributed by atoms with Crippen molar-refractivity contribution in [1.82, 2.24) is 4.90 Å². The summed E-state index contributed by atoms with van der Waals surface area (Å²) < 4.78 is 0. The zero-order valence-electron chi connectivity index (χ0n) is 11.0. The zero-order chi connectivity index (χ0) is 13.7. The fraction of sp³-hybridized carbons (Fsp3) is 0.467. The van der Waals surface area contributed by atoms with Crippen molar-refractivity contribution in [1.29, 1.82) is 0 Å². The van der Waals surface area contributed by atoms with Crippen LogP contribution in [0.2, 0.25) is 0 Å². The Morgan fingerprint density at radius 1 is 1.16 bits per heavy atom. The van der Waals surface area contributed by atoms with E-state index in [1.165, 1.54) is 0 Å². The highest BCUT2D eigenvalue weighted by Crippen LogP contribution is 2.22. The van der Waals surface area contributed by atoms with E-state index in [1.807, 2.05) is 35.2 Å². The van der Waals surface area contributed by atoms with Gasteiger partial charge >= 0.3 is 0 Å². The lowest BCUT2D eigenvalue weighted by Gasteiger charge is -2.32. The number of hydrogen-bond donors (Lipinski definition) is 1. The van der Waals surface area contributed by atoms with Crippen LogP contribution in [0.5, 0.6) is 0 Å². The molecule has 1 fully saturated rings. The molecule has 0 saturated carbocycles. The number of piperidine rings is 1. The molecule has 1 heterocycles. The van der Waals surface area contributed by atoms with Gasteiger partial charge in [0.1, 0.15) is 0 Å². The number of amides is 2. The molecule has 1 aromatic carbocycles. The number of hydrogen-bond acceptors (Lipinski definition) is 2. The maximum absolute atomic E-state index is 12.2. The van der Waals surface area contributed by atoms with Gasteiger partial charge in [0, 0.05) is 25.1 Å². The number of likely N-dealkylation sites (tertiary alicyclic amines) is 1. The molecule has 4 heteroatoms. The fourth-order valence-electron chi connectivity index (χ4n) is 2.53. The van der Waals surface area contributed by atoms with Gasteiger partial charge in [0.2, 0.25) is 5.91 Å². The van der Waals surface area contributed by atoms with E-state index in [0.29, 0.717) is 12.3 Å². The molecular weight excluding hydrogens is 240 g/mol. The van der Waals surface area contributed by atoms with Crippen LogP contribution < -0.4 is 5.73 Å². The first-order chi connectivity index (χ1) is 9.16. The van der Waals surface area contributed by atoms with E-state index in [0.717, 1.165) is 37.9 Å². The van der Waals surface area contributed by atoms with Crippen LogP contribution in [0.4, 0.5) is 0 Å². The number of benzene rings is 1. The summed E-state index contributed by atoms with van der Waals surface area (Å²) in [4.78, 5) is 24.9. The van der Waals surface area contributed by atoms with Gasteiger partial charge in [-0.1, -0.05) is 18.2 Å². The van der Waals surface area contributed by atoms with E-state index in [9.17, 15) is 9.59 Å². The zero-order valence-corrected chi connectivity index (χ0v) is 11.0. The Bertz CT molecular complexity index is 437. The normalized spacial score (nSPS) is 16.3. The number of primary amides is 1.